The Labute approximate surface area is 131 Å². The van der Waals surface area contributed by atoms with Gasteiger partial charge in [0.2, 0.25) is 0 Å². The number of halogens is 1. The van der Waals surface area contributed by atoms with Crippen molar-refractivity contribution >= 4 is 17.6 Å². The predicted molar refractivity (Wildman–Crippen MR) is 85.9 cm³/mol. The second-order valence-corrected chi connectivity index (χ2v) is 5.71. The topological polar surface area (TPSA) is 26.3 Å². The van der Waals surface area contributed by atoms with E-state index in [0.29, 0.717) is 28.4 Å². The highest BCUT2D eigenvalue weighted by Gasteiger charge is 2.09. The van der Waals surface area contributed by atoms with Crippen LogP contribution < -0.4 is 4.74 Å². The fraction of sp³-hybridized carbons (Fsp3) is 0.0556. The lowest BCUT2D eigenvalue weighted by molar-refractivity contribution is 0.112. The molecule has 1 heterocycles. The summed E-state index contributed by atoms with van der Waals surface area (Å²) in [6.45, 7) is 0.396. The van der Waals surface area contributed by atoms with E-state index in [0.717, 1.165) is 11.8 Å². The van der Waals surface area contributed by atoms with Crippen LogP contribution in [-0.2, 0) is 6.61 Å². The average Bonchev–Trinajstić information content (AvgIpc) is 3.03. The summed E-state index contributed by atoms with van der Waals surface area (Å²) in [5.74, 6) is 0.122. The molecule has 0 fully saturated rings. The first-order chi connectivity index (χ1) is 10.8. The monoisotopic (exact) mass is 312 g/mol. The number of ether oxygens (including phenoxy) is 1. The number of aldehydes is 1. The van der Waals surface area contributed by atoms with Crippen LogP contribution in [0.5, 0.6) is 5.75 Å². The van der Waals surface area contributed by atoms with Gasteiger partial charge in [-0.05, 0) is 34.7 Å². The van der Waals surface area contributed by atoms with Gasteiger partial charge in [0, 0.05) is 11.6 Å². The standard InChI is InChI=1S/C18H13FO2S/c19-18-9-15(21-11-13-4-2-1-3-5-13)6-7-17(18)14-8-16(10-20)22-12-14/h1-10,12H,11H2. The highest BCUT2D eigenvalue weighted by atomic mass is 32.1. The van der Waals surface area contributed by atoms with Crippen molar-refractivity contribution in [3.8, 4) is 16.9 Å². The fourth-order valence-corrected chi connectivity index (χ4v) is 2.83. The quantitative estimate of drug-likeness (QED) is 0.623. The molecule has 0 aliphatic heterocycles. The van der Waals surface area contributed by atoms with Crippen molar-refractivity contribution in [3.05, 3.63) is 76.2 Å². The van der Waals surface area contributed by atoms with Gasteiger partial charge in [0.25, 0.3) is 0 Å². The Balaban J connectivity index is 1.75. The van der Waals surface area contributed by atoms with Crippen LogP contribution in [0.4, 0.5) is 4.39 Å². The van der Waals surface area contributed by atoms with Crippen molar-refractivity contribution in [1.82, 2.24) is 0 Å². The first kappa shape index (κ1) is 14.5. The number of carbonyl (C=O) groups is 1. The number of hydrogen-bond acceptors (Lipinski definition) is 3. The molecule has 0 saturated carbocycles. The molecule has 2 nitrogen and oxygen atoms in total. The van der Waals surface area contributed by atoms with Gasteiger partial charge in [-0.2, -0.15) is 0 Å². The first-order valence-corrected chi connectivity index (χ1v) is 7.64. The lowest BCUT2D eigenvalue weighted by Crippen LogP contribution is -1.95. The van der Waals surface area contributed by atoms with E-state index >= 15 is 0 Å². The largest absolute Gasteiger partial charge is 0.489 e. The summed E-state index contributed by atoms with van der Waals surface area (Å²) in [5, 5.41) is 1.77. The Kier molecular flexibility index (Phi) is 4.30. The molecule has 0 N–H and O–H groups in total. The summed E-state index contributed by atoms with van der Waals surface area (Å²) in [6, 6.07) is 16.2. The number of carbonyl (C=O) groups excluding carboxylic acids is 1. The highest BCUT2D eigenvalue weighted by molar-refractivity contribution is 7.12. The van der Waals surface area contributed by atoms with E-state index in [-0.39, 0.29) is 5.82 Å². The molecular weight excluding hydrogens is 299 g/mol. The SMILES string of the molecule is O=Cc1cc(-c2ccc(OCc3ccccc3)cc2F)cs1. The van der Waals surface area contributed by atoms with Gasteiger partial charge in [0.05, 0.1) is 4.88 Å². The van der Waals surface area contributed by atoms with E-state index in [1.165, 1.54) is 17.4 Å². The molecule has 0 unspecified atom stereocenters. The van der Waals surface area contributed by atoms with Crippen molar-refractivity contribution in [1.29, 1.82) is 0 Å². The van der Waals surface area contributed by atoms with Crippen molar-refractivity contribution < 1.29 is 13.9 Å². The average molecular weight is 312 g/mol. The lowest BCUT2D eigenvalue weighted by atomic mass is 10.1. The maximum Gasteiger partial charge on any atom is 0.160 e. The Morgan fingerprint density at radius 1 is 1.09 bits per heavy atom. The molecule has 4 heteroatoms. The van der Waals surface area contributed by atoms with E-state index in [4.69, 9.17) is 4.74 Å². The maximum atomic E-state index is 14.2. The molecule has 0 aliphatic carbocycles. The normalized spacial score (nSPS) is 10.4. The Hall–Kier alpha value is -2.46. The molecule has 3 aromatic rings. The highest BCUT2D eigenvalue weighted by Crippen LogP contribution is 2.29. The van der Waals surface area contributed by atoms with E-state index in [1.807, 2.05) is 30.3 Å². The summed E-state index contributed by atoms with van der Waals surface area (Å²) >= 11 is 1.30. The van der Waals surface area contributed by atoms with Gasteiger partial charge >= 0.3 is 0 Å². The molecule has 0 spiro atoms. The zero-order valence-electron chi connectivity index (χ0n) is 11.7. The van der Waals surface area contributed by atoms with Crippen molar-refractivity contribution in [3.63, 3.8) is 0 Å². The van der Waals surface area contributed by atoms with Gasteiger partial charge in [-0.15, -0.1) is 11.3 Å². The number of benzene rings is 2. The minimum atomic E-state index is -0.360. The van der Waals surface area contributed by atoms with Crippen molar-refractivity contribution in [2.75, 3.05) is 0 Å². The number of thiophene rings is 1. The first-order valence-electron chi connectivity index (χ1n) is 6.76. The van der Waals surface area contributed by atoms with Crippen LogP contribution in [0.25, 0.3) is 11.1 Å². The molecule has 0 bridgehead atoms. The van der Waals surface area contributed by atoms with Gasteiger partial charge in [-0.1, -0.05) is 30.3 Å². The second-order valence-electron chi connectivity index (χ2n) is 4.77. The molecule has 0 saturated heterocycles. The molecule has 2 aromatic carbocycles. The molecule has 0 atom stereocenters. The molecule has 22 heavy (non-hydrogen) atoms. The Morgan fingerprint density at radius 3 is 2.59 bits per heavy atom. The van der Waals surface area contributed by atoms with E-state index < -0.39 is 0 Å². The van der Waals surface area contributed by atoms with E-state index in [2.05, 4.69) is 0 Å². The van der Waals surface area contributed by atoms with Gasteiger partial charge in [0.15, 0.2) is 6.29 Å². The number of hydrogen-bond donors (Lipinski definition) is 0. The summed E-state index contributed by atoms with van der Waals surface area (Å²) in [4.78, 5) is 11.3. The van der Waals surface area contributed by atoms with E-state index in [1.54, 1.807) is 23.6 Å². The summed E-state index contributed by atoms with van der Waals surface area (Å²) in [7, 11) is 0. The van der Waals surface area contributed by atoms with Gasteiger partial charge < -0.3 is 4.74 Å². The lowest BCUT2D eigenvalue weighted by Gasteiger charge is -2.08. The fourth-order valence-electron chi connectivity index (χ4n) is 2.12. The minimum Gasteiger partial charge on any atom is -0.489 e. The molecule has 0 radical (unpaired) electrons. The van der Waals surface area contributed by atoms with E-state index in [9.17, 15) is 9.18 Å². The van der Waals surface area contributed by atoms with Crippen LogP contribution in [0, 0.1) is 5.82 Å². The third kappa shape index (κ3) is 3.23. The third-order valence-electron chi connectivity index (χ3n) is 3.24. The van der Waals surface area contributed by atoms with Crippen LogP contribution >= 0.6 is 11.3 Å². The molecular formula is C18H13FO2S. The summed E-state index contributed by atoms with van der Waals surface area (Å²) < 4.78 is 19.8. The summed E-state index contributed by atoms with van der Waals surface area (Å²) in [5.41, 5.74) is 2.20. The third-order valence-corrected chi connectivity index (χ3v) is 4.09. The molecule has 3 rings (SSSR count). The maximum absolute atomic E-state index is 14.2. The smallest absolute Gasteiger partial charge is 0.160 e. The summed E-state index contributed by atoms with van der Waals surface area (Å²) in [6.07, 6.45) is 0.767. The Bertz CT molecular complexity index is 781. The van der Waals surface area contributed by atoms with Crippen LogP contribution in [0.1, 0.15) is 15.2 Å². The zero-order chi connectivity index (χ0) is 15.4. The number of rotatable bonds is 5. The van der Waals surface area contributed by atoms with Gasteiger partial charge in [0.1, 0.15) is 18.2 Å². The van der Waals surface area contributed by atoms with Crippen LogP contribution in [0.3, 0.4) is 0 Å². The zero-order valence-corrected chi connectivity index (χ0v) is 12.5. The van der Waals surface area contributed by atoms with Gasteiger partial charge in [-0.3, -0.25) is 4.79 Å². The van der Waals surface area contributed by atoms with Crippen LogP contribution in [0.15, 0.2) is 60.0 Å². The van der Waals surface area contributed by atoms with Crippen LogP contribution in [-0.4, -0.2) is 6.29 Å². The molecule has 0 amide bonds. The Morgan fingerprint density at radius 2 is 1.91 bits per heavy atom. The van der Waals surface area contributed by atoms with Gasteiger partial charge in [-0.25, -0.2) is 4.39 Å². The minimum absolute atomic E-state index is 0.360. The van der Waals surface area contributed by atoms with Crippen molar-refractivity contribution in [2.24, 2.45) is 0 Å². The second kappa shape index (κ2) is 6.54. The molecule has 1 aromatic heterocycles. The molecule has 110 valence electrons. The van der Waals surface area contributed by atoms with Crippen molar-refractivity contribution in [2.45, 2.75) is 6.61 Å². The predicted octanol–water partition coefficient (Wildman–Crippen LogP) is 4.95. The molecule has 0 aliphatic rings. The van der Waals surface area contributed by atoms with Crippen LogP contribution in [0.2, 0.25) is 0 Å².